The summed E-state index contributed by atoms with van der Waals surface area (Å²) in [7, 11) is 0. The Morgan fingerprint density at radius 3 is 2.92 bits per heavy atom. The molecule has 0 amide bonds. The largest absolute Gasteiger partial charge is 0.423 e. The first kappa shape index (κ1) is 7.42. The van der Waals surface area contributed by atoms with Gasteiger partial charge in [0.15, 0.2) is 0 Å². The molecule has 2 rings (SSSR count). The van der Waals surface area contributed by atoms with Crippen molar-refractivity contribution in [2.24, 2.45) is 0 Å². The second-order valence-electron chi connectivity index (χ2n) is 2.14. The van der Waals surface area contributed by atoms with Crippen LogP contribution in [0.15, 0.2) is 33.7 Å². The lowest BCUT2D eigenvalue weighted by molar-refractivity contribution is 0.568. The lowest BCUT2D eigenvalue weighted by Gasteiger charge is -1.92. The molecular formula is C7H4BrN3O. The van der Waals surface area contributed by atoms with Gasteiger partial charge in [-0.15, -0.1) is 10.2 Å². The second kappa shape index (κ2) is 3.02. The van der Waals surface area contributed by atoms with Gasteiger partial charge in [0.25, 0.3) is 0 Å². The topological polar surface area (TPSA) is 51.8 Å². The summed E-state index contributed by atoms with van der Waals surface area (Å²) in [5, 5.41) is 7.32. The van der Waals surface area contributed by atoms with Crippen LogP contribution < -0.4 is 0 Å². The minimum atomic E-state index is 0.476. The van der Waals surface area contributed by atoms with Gasteiger partial charge in [-0.05, 0) is 22.0 Å². The number of halogens is 1. The Hall–Kier alpha value is -1.23. The molecule has 2 heterocycles. The SMILES string of the molecule is Brc1cncc(-c2nnco2)c1. The third kappa shape index (κ3) is 1.35. The summed E-state index contributed by atoms with van der Waals surface area (Å²) in [6, 6.07) is 1.86. The molecular weight excluding hydrogens is 222 g/mol. The smallest absolute Gasteiger partial charge is 0.249 e. The van der Waals surface area contributed by atoms with Gasteiger partial charge in [0.1, 0.15) is 0 Å². The minimum Gasteiger partial charge on any atom is -0.423 e. The Labute approximate surface area is 76.8 Å². The van der Waals surface area contributed by atoms with E-state index in [1.54, 1.807) is 12.4 Å². The molecule has 0 N–H and O–H groups in total. The first-order valence-electron chi connectivity index (χ1n) is 3.23. The first-order chi connectivity index (χ1) is 5.86. The van der Waals surface area contributed by atoms with Crippen molar-refractivity contribution in [3.05, 3.63) is 29.3 Å². The molecule has 5 heteroatoms. The van der Waals surface area contributed by atoms with Crippen LogP contribution in [0.25, 0.3) is 11.5 Å². The Morgan fingerprint density at radius 2 is 2.25 bits per heavy atom. The fraction of sp³-hybridized carbons (Fsp3) is 0. The van der Waals surface area contributed by atoms with Crippen LogP contribution in [-0.4, -0.2) is 15.2 Å². The van der Waals surface area contributed by atoms with Crippen LogP contribution in [0, 0.1) is 0 Å². The molecule has 0 bridgehead atoms. The van der Waals surface area contributed by atoms with Crippen molar-refractivity contribution in [3.8, 4) is 11.5 Å². The Balaban J connectivity index is 2.48. The molecule has 0 atom stereocenters. The molecule has 12 heavy (non-hydrogen) atoms. The van der Waals surface area contributed by atoms with E-state index in [2.05, 4.69) is 31.1 Å². The molecule has 2 aromatic heterocycles. The molecule has 0 aliphatic carbocycles. The second-order valence-corrected chi connectivity index (χ2v) is 3.05. The Bertz CT molecular complexity index is 374. The van der Waals surface area contributed by atoms with Gasteiger partial charge in [0, 0.05) is 16.9 Å². The van der Waals surface area contributed by atoms with E-state index < -0.39 is 0 Å². The van der Waals surface area contributed by atoms with Gasteiger partial charge < -0.3 is 4.42 Å². The van der Waals surface area contributed by atoms with Crippen LogP contribution in [0.1, 0.15) is 0 Å². The van der Waals surface area contributed by atoms with Crippen molar-refractivity contribution < 1.29 is 4.42 Å². The molecule has 0 saturated carbocycles. The quantitative estimate of drug-likeness (QED) is 0.744. The van der Waals surface area contributed by atoms with Gasteiger partial charge in [-0.2, -0.15) is 0 Å². The molecule has 0 fully saturated rings. The molecule has 0 aromatic carbocycles. The van der Waals surface area contributed by atoms with Crippen LogP contribution in [0.2, 0.25) is 0 Å². The van der Waals surface area contributed by atoms with Crippen molar-refractivity contribution >= 4 is 15.9 Å². The number of aromatic nitrogens is 3. The highest BCUT2D eigenvalue weighted by molar-refractivity contribution is 9.10. The number of hydrogen-bond acceptors (Lipinski definition) is 4. The summed E-state index contributed by atoms with van der Waals surface area (Å²) in [6.45, 7) is 0. The van der Waals surface area contributed by atoms with Crippen LogP contribution in [-0.2, 0) is 0 Å². The van der Waals surface area contributed by atoms with E-state index in [4.69, 9.17) is 4.42 Å². The fourth-order valence-corrected chi connectivity index (χ4v) is 1.19. The van der Waals surface area contributed by atoms with Crippen LogP contribution in [0.5, 0.6) is 0 Å². The Kier molecular flexibility index (Phi) is 1.87. The van der Waals surface area contributed by atoms with Crippen LogP contribution in [0.3, 0.4) is 0 Å². The molecule has 2 aromatic rings. The molecule has 0 radical (unpaired) electrons. The van der Waals surface area contributed by atoms with Gasteiger partial charge in [-0.25, -0.2) is 0 Å². The van der Waals surface area contributed by atoms with Crippen molar-refractivity contribution in [3.63, 3.8) is 0 Å². The van der Waals surface area contributed by atoms with Gasteiger partial charge in [0.2, 0.25) is 12.3 Å². The van der Waals surface area contributed by atoms with Crippen molar-refractivity contribution in [2.75, 3.05) is 0 Å². The summed E-state index contributed by atoms with van der Waals surface area (Å²) >= 11 is 3.30. The fourth-order valence-electron chi connectivity index (χ4n) is 0.828. The highest BCUT2D eigenvalue weighted by atomic mass is 79.9. The molecule has 0 saturated heterocycles. The van der Waals surface area contributed by atoms with Gasteiger partial charge in [-0.3, -0.25) is 4.98 Å². The van der Waals surface area contributed by atoms with Crippen molar-refractivity contribution in [1.82, 2.24) is 15.2 Å². The van der Waals surface area contributed by atoms with E-state index >= 15 is 0 Å². The lowest BCUT2D eigenvalue weighted by atomic mass is 10.3. The zero-order valence-corrected chi connectivity index (χ0v) is 7.52. The summed E-state index contributed by atoms with van der Waals surface area (Å²) in [6.07, 6.45) is 4.65. The highest BCUT2D eigenvalue weighted by Gasteiger charge is 2.02. The average Bonchev–Trinajstić information content (AvgIpc) is 2.56. The van der Waals surface area contributed by atoms with E-state index in [0.29, 0.717) is 5.89 Å². The Morgan fingerprint density at radius 1 is 1.33 bits per heavy atom. The summed E-state index contributed by atoms with van der Waals surface area (Å²) in [5.74, 6) is 0.476. The lowest BCUT2D eigenvalue weighted by Crippen LogP contribution is -1.79. The molecule has 4 nitrogen and oxygen atoms in total. The maximum Gasteiger partial charge on any atom is 0.249 e. The molecule has 0 aliphatic rings. The third-order valence-electron chi connectivity index (χ3n) is 1.31. The monoisotopic (exact) mass is 225 g/mol. The van der Waals surface area contributed by atoms with E-state index in [1.807, 2.05) is 6.07 Å². The van der Waals surface area contributed by atoms with Crippen molar-refractivity contribution in [2.45, 2.75) is 0 Å². The van der Waals surface area contributed by atoms with Gasteiger partial charge in [0.05, 0.1) is 5.56 Å². The minimum absolute atomic E-state index is 0.476. The maximum absolute atomic E-state index is 4.99. The third-order valence-corrected chi connectivity index (χ3v) is 1.75. The van der Waals surface area contributed by atoms with E-state index in [0.717, 1.165) is 10.0 Å². The zero-order valence-electron chi connectivity index (χ0n) is 5.94. The first-order valence-corrected chi connectivity index (χ1v) is 4.02. The summed E-state index contributed by atoms with van der Waals surface area (Å²) in [4.78, 5) is 3.97. The molecule has 0 spiro atoms. The van der Waals surface area contributed by atoms with Crippen LogP contribution >= 0.6 is 15.9 Å². The van der Waals surface area contributed by atoms with Crippen LogP contribution in [0.4, 0.5) is 0 Å². The number of rotatable bonds is 1. The normalized spacial score (nSPS) is 10.1. The average molecular weight is 226 g/mol. The maximum atomic E-state index is 4.99. The summed E-state index contributed by atoms with van der Waals surface area (Å²) < 4.78 is 5.88. The molecule has 0 unspecified atom stereocenters. The van der Waals surface area contributed by atoms with Gasteiger partial charge in [-0.1, -0.05) is 0 Å². The van der Waals surface area contributed by atoms with E-state index in [1.165, 1.54) is 6.39 Å². The predicted octanol–water partition coefficient (Wildman–Crippen LogP) is 1.89. The zero-order chi connectivity index (χ0) is 8.39. The predicted molar refractivity (Wildman–Crippen MR) is 45.2 cm³/mol. The number of hydrogen-bond donors (Lipinski definition) is 0. The molecule has 0 aliphatic heterocycles. The highest BCUT2D eigenvalue weighted by Crippen LogP contribution is 2.18. The van der Waals surface area contributed by atoms with Crippen molar-refractivity contribution in [1.29, 1.82) is 0 Å². The van der Waals surface area contributed by atoms with E-state index in [-0.39, 0.29) is 0 Å². The molecule has 60 valence electrons. The standard InChI is InChI=1S/C7H4BrN3O/c8-6-1-5(2-9-3-6)7-11-10-4-12-7/h1-4H. The van der Waals surface area contributed by atoms with E-state index in [9.17, 15) is 0 Å². The van der Waals surface area contributed by atoms with Gasteiger partial charge >= 0.3 is 0 Å². The number of pyridine rings is 1. The number of nitrogens with zero attached hydrogens (tertiary/aromatic N) is 3. The summed E-state index contributed by atoms with van der Waals surface area (Å²) in [5.41, 5.74) is 0.807.